The molecule has 0 aromatic carbocycles. The van der Waals surface area contributed by atoms with Gasteiger partial charge in [0.05, 0.1) is 0 Å². The van der Waals surface area contributed by atoms with Gasteiger partial charge in [0.25, 0.3) is 0 Å². The first-order valence-electron chi connectivity index (χ1n) is 8.62. The smallest absolute Gasteiger partial charge is 0.0209 e. The first kappa shape index (κ1) is 19.0. The molecule has 0 aromatic rings. The highest BCUT2D eigenvalue weighted by Gasteiger charge is 2.34. The predicted octanol–water partition coefficient (Wildman–Crippen LogP) is 5.88. The lowest BCUT2D eigenvalue weighted by Crippen LogP contribution is -2.50. The van der Waals surface area contributed by atoms with Crippen molar-refractivity contribution in [3.05, 3.63) is 0 Å². The predicted molar refractivity (Wildman–Crippen MR) is 88.8 cm³/mol. The van der Waals surface area contributed by atoms with Gasteiger partial charge in [-0.05, 0) is 52.5 Å². The lowest BCUT2D eigenvalue weighted by molar-refractivity contribution is 0.0499. The van der Waals surface area contributed by atoms with Crippen LogP contribution >= 0.6 is 0 Å². The second kappa shape index (κ2) is 9.80. The maximum absolute atomic E-state index is 2.68. The van der Waals surface area contributed by atoms with Crippen molar-refractivity contribution in [2.24, 2.45) is 5.92 Å². The Morgan fingerprint density at radius 2 is 1.32 bits per heavy atom. The van der Waals surface area contributed by atoms with Crippen molar-refractivity contribution in [2.75, 3.05) is 7.05 Å². The molecule has 0 atom stereocenters. The van der Waals surface area contributed by atoms with E-state index < -0.39 is 0 Å². The van der Waals surface area contributed by atoms with Crippen molar-refractivity contribution >= 4 is 0 Å². The van der Waals surface area contributed by atoms with Crippen LogP contribution in [0.5, 0.6) is 0 Å². The van der Waals surface area contributed by atoms with Crippen LogP contribution in [0, 0.1) is 5.92 Å². The van der Waals surface area contributed by atoms with E-state index in [0.717, 1.165) is 5.92 Å². The third-order valence-corrected chi connectivity index (χ3v) is 4.70. The van der Waals surface area contributed by atoms with Gasteiger partial charge in [-0.1, -0.05) is 53.4 Å². The lowest BCUT2D eigenvalue weighted by atomic mass is 9.79. The first-order valence-corrected chi connectivity index (χ1v) is 8.62. The quantitative estimate of drug-likeness (QED) is 0.452. The van der Waals surface area contributed by atoms with Crippen LogP contribution in [0.2, 0.25) is 0 Å². The second-order valence-electron chi connectivity index (χ2n) is 7.07. The molecular weight excluding hydrogens is 230 g/mol. The normalized spacial score (nSPS) is 12.9. The maximum atomic E-state index is 2.68. The summed E-state index contributed by atoms with van der Waals surface area (Å²) in [6.45, 7) is 14.1. The van der Waals surface area contributed by atoms with Crippen LogP contribution in [0.4, 0.5) is 0 Å². The van der Waals surface area contributed by atoms with Gasteiger partial charge in [0.2, 0.25) is 0 Å². The van der Waals surface area contributed by atoms with E-state index in [1.165, 1.54) is 51.4 Å². The summed E-state index contributed by atoms with van der Waals surface area (Å²) in [5, 5.41) is 0. The summed E-state index contributed by atoms with van der Waals surface area (Å²) in [7, 11) is 2.36. The summed E-state index contributed by atoms with van der Waals surface area (Å²) < 4.78 is 0. The number of rotatable bonds is 11. The molecule has 116 valence electrons. The van der Waals surface area contributed by atoms with E-state index in [9.17, 15) is 0 Å². The molecule has 0 aliphatic carbocycles. The Labute approximate surface area is 123 Å². The molecule has 0 amide bonds. The van der Waals surface area contributed by atoms with Crippen molar-refractivity contribution in [3.8, 4) is 0 Å². The van der Waals surface area contributed by atoms with E-state index in [1.807, 2.05) is 0 Å². The molecule has 0 unspecified atom stereocenters. The van der Waals surface area contributed by atoms with Crippen LogP contribution in [0.3, 0.4) is 0 Å². The minimum atomic E-state index is 0.449. The number of nitrogens with zero attached hydrogens (tertiary/aromatic N) is 1. The highest BCUT2D eigenvalue weighted by Crippen LogP contribution is 2.34. The van der Waals surface area contributed by atoms with Gasteiger partial charge in [0, 0.05) is 11.6 Å². The number of unbranched alkanes of at least 4 members (excludes halogenated alkanes) is 2. The Hall–Kier alpha value is -0.0400. The Balaban J connectivity index is 4.93. The van der Waals surface area contributed by atoms with Gasteiger partial charge in [-0.25, -0.2) is 0 Å². The molecule has 1 nitrogen and oxygen atoms in total. The van der Waals surface area contributed by atoms with E-state index >= 15 is 0 Å². The molecule has 0 aliphatic heterocycles. The largest absolute Gasteiger partial charge is 0.298 e. The molecule has 0 aromatic heterocycles. The van der Waals surface area contributed by atoms with Crippen molar-refractivity contribution in [1.82, 2.24) is 4.90 Å². The highest BCUT2D eigenvalue weighted by molar-refractivity contribution is 4.90. The van der Waals surface area contributed by atoms with E-state index in [0.29, 0.717) is 11.6 Å². The van der Waals surface area contributed by atoms with Gasteiger partial charge in [-0.3, -0.25) is 4.90 Å². The first-order chi connectivity index (χ1) is 8.89. The fraction of sp³-hybridized carbons (Fsp3) is 1.00. The lowest BCUT2D eigenvalue weighted by Gasteiger charge is -2.45. The number of hydrogen-bond donors (Lipinski definition) is 0. The molecule has 0 radical (unpaired) electrons. The molecule has 1 heteroatoms. The summed E-state index contributed by atoms with van der Waals surface area (Å²) in [4.78, 5) is 2.68. The van der Waals surface area contributed by atoms with Crippen LogP contribution < -0.4 is 0 Å². The van der Waals surface area contributed by atoms with Crippen molar-refractivity contribution < 1.29 is 0 Å². The van der Waals surface area contributed by atoms with Crippen molar-refractivity contribution in [1.29, 1.82) is 0 Å². The molecule has 0 N–H and O–H groups in total. The van der Waals surface area contributed by atoms with Gasteiger partial charge in [0.15, 0.2) is 0 Å². The monoisotopic (exact) mass is 269 g/mol. The fourth-order valence-electron chi connectivity index (χ4n) is 3.02. The number of hydrogen-bond acceptors (Lipinski definition) is 1. The molecular formula is C18H39N. The summed E-state index contributed by atoms with van der Waals surface area (Å²) in [6.07, 6.45) is 10.9. The summed E-state index contributed by atoms with van der Waals surface area (Å²) in [5.74, 6) is 0.822. The summed E-state index contributed by atoms with van der Waals surface area (Å²) in [5.41, 5.74) is 0.449. The molecule has 0 rings (SSSR count). The van der Waals surface area contributed by atoms with Gasteiger partial charge in [0.1, 0.15) is 0 Å². The van der Waals surface area contributed by atoms with E-state index in [4.69, 9.17) is 0 Å². The Morgan fingerprint density at radius 1 is 0.842 bits per heavy atom. The zero-order valence-corrected chi connectivity index (χ0v) is 14.8. The Kier molecular flexibility index (Phi) is 9.78. The van der Waals surface area contributed by atoms with Crippen LogP contribution in [0.15, 0.2) is 0 Å². The third kappa shape index (κ3) is 6.79. The SMILES string of the molecule is CCCCC(CCCC)(CCC(C)C)N(C)C(C)C. The second-order valence-corrected chi connectivity index (χ2v) is 7.07. The summed E-state index contributed by atoms with van der Waals surface area (Å²) in [6, 6.07) is 0.654. The minimum Gasteiger partial charge on any atom is -0.298 e. The van der Waals surface area contributed by atoms with Crippen molar-refractivity contribution in [3.63, 3.8) is 0 Å². The molecule has 0 saturated heterocycles. The zero-order valence-electron chi connectivity index (χ0n) is 14.8. The van der Waals surface area contributed by atoms with E-state index in [1.54, 1.807) is 0 Å². The third-order valence-electron chi connectivity index (χ3n) is 4.70. The zero-order chi connectivity index (χ0) is 14.9. The molecule has 0 bridgehead atoms. The maximum Gasteiger partial charge on any atom is 0.0209 e. The average molecular weight is 270 g/mol. The topological polar surface area (TPSA) is 3.24 Å². The molecule has 0 fully saturated rings. The molecule has 0 saturated carbocycles. The van der Waals surface area contributed by atoms with E-state index in [-0.39, 0.29) is 0 Å². The Bertz CT molecular complexity index is 200. The van der Waals surface area contributed by atoms with Gasteiger partial charge in [-0.15, -0.1) is 0 Å². The Morgan fingerprint density at radius 3 is 1.63 bits per heavy atom. The van der Waals surface area contributed by atoms with Gasteiger partial charge >= 0.3 is 0 Å². The van der Waals surface area contributed by atoms with Crippen LogP contribution in [0.1, 0.15) is 92.9 Å². The summed E-state index contributed by atoms with van der Waals surface area (Å²) >= 11 is 0. The fourth-order valence-corrected chi connectivity index (χ4v) is 3.02. The molecule has 19 heavy (non-hydrogen) atoms. The average Bonchev–Trinajstić information content (AvgIpc) is 2.37. The van der Waals surface area contributed by atoms with Crippen LogP contribution in [0.25, 0.3) is 0 Å². The van der Waals surface area contributed by atoms with Crippen LogP contribution in [-0.2, 0) is 0 Å². The highest BCUT2D eigenvalue weighted by atomic mass is 15.2. The molecule has 0 spiro atoms. The standard InChI is InChI=1S/C18H39N/c1-8-10-13-18(14-11-9-2,15-12-16(3)4)19(7)17(5)6/h16-17H,8-15H2,1-7H3. The van der Waals surface area contributed by atoms with Crippen LogP contribution in [-0.4, -0.2) is 23.5 Å². The van der Waals surface area contributed by atoms with E-state index in [2.05, 4.69) is 53.5 Å². The molecule has 0 heterocycles. The van der Waals surface area contributed by atoms with Crippen molar-refractivity contribution in [2.45, 2.75) is 104 Å². The van der Waals surface area contributed by atoms with Gasteiger partial charge in [-0.2, -0.15) is 0 Å². The van der Waals surface area contributed by atoms with Gasteiger partial charge < -0.3 is 0 Å². The minimum absolute atomic E-state index is 0.449. The molecule has 0 aliphatic rings.